The van der Waals surface area contributed by atoms with Crippen LogP contribution in [0.1, 0.15) is 228 Å². The van der Waals surface area contributed by atoms with Crippen LogP contribution >= 0.6 is 11.3 Å². The van der Waals surface area contributed by atoms with Crippen molar-refractivity contribution in [3.05, 3.63) is 239 Å². The Morgan fingerprint density at radius 1 is 0.406 bits per heavy atom. The van der Waals surface area contributed by atoms with Gasteiger partial charge in [0.15, 0.2) is 17.0 Å². The molecule has 0 bridgehead atoms. The number of likely N-dealkylation sites (N-methyl/N-ethyl adjacent to an activating group) is 1. The lowest BCUT2D eigenvalue weighted by atomic mass is 9.91. The number of ether oxygens (including phenoxy) is 11. The van der Waals surface area contributed by atoms with Crippen LogP contribution in [0, 0.1) is 34.0 Å². The highest BCUT2D eigenvalue weighted by molar-refractivity contribution is 7.24. The SMILES string of the molecule is C.C.C=C(C)C(=O)OCCOC(=O)C(C)(C)CC.C=CC(=O)NCCOC(=O)NCCOC(=O)C(C)(C)CC.CCC(C)(C)C(=O)OCCN(C)C.CCC(C)C(=O)OCCOc1ccc(C(=O)c2ccccc2)cc1.CCC(C)C(=O)OCCOc1ccc(C(=O)c2ccccc2)cc1.CCC(C)C(=O)OCCOc1ccc2c(=O)c3ccccc3sc2c1.CCC(C)c1ccc(N(C)C)cc1. The number of nitrogens with one attached hydrogen (secondary N) is 2. The number of anilines is 1. The number of esters is 7. The molecule has 0 radical (unpaired) electrons. The van der Waals surface area contributed by atoms with Crippen molar-refractivity contribution in [2.75, 3.05) is 125 Å². The Morgan fingerprint density at radius 2 is 0.768 bits per heavy atom. The molecule has 4 unspecified atom stereocenters. The first-order valence-corrected chi connectivity index (χ1v) is 47.1. The average Bonchev–Trinajstić information content (AvgIpc) is 0.776. The predicted octanol–water partition coefficient (Wildman–Crippen LogP) is 21.3. The monoisotopic (exact) mass is 1930 g/mol. The van der Waals surface area contributed by atoms with E-state index in [1.165, 1.54) is 17.7 Å². The summed E-state index contributed by atoms with van der Waals surface area (Å²) in [4.78, 5) is 143. The fraction of sp³-hybridized carbons (Fsp3) is 0.473. The highest BCUT2D eigenvalue weighted by Crippen LogP contribution is 2.30. The molecule has 2 amide bonds. The molecule has 27 nitrogen and oxygen atoms in total. The van der Waals surface area contributed by atoms with E-state index in [1.54, 1.807) is 117 Å². The molecule has 138 heavy (non-hydrogen) atoms. The third-order valence-corrected chi connectivity index (χ3v) is 22.8. The number of ketones is 2. The number of carbonyl (C=O) groups excluding carboxylic acids is 11. The van der Waals surface area contributed by atoms with Gasteiger partial charge in [0.2, 0.25) is 5.91 Å². The quantitative estimate of drug-likeness (QED) is 0.00894. The number of fused-ring (bicyclic) bond motifs is 2. The Balaban J connectivity index is 0.00000160. The Kier molecular flexibility index (Phi) is 62.2. The third kappa shape index (κ3) is 48.9. The van der Waals surface area contributed by atoms with E-state index in [1.807, 2.05) is 176 Å². The van der Waals surface area contributed by atoms with Gasteiger partial charge in [-0.3, -0.25) is 47.9 Å². The first-order chi connectivity index (χ1) is 64.5. The van der Waals surface area contributed by atoms with Gasteiger partial charge in [-0.1, -0.05) is 189 Å². The second-order valence-electron chi connectivity index (χ2n) is 34.2. The zero-order valence-electron chi connectivity index (χ0n) is 84.1. The predicted molar refractivity (Wildman–Crippen MR) is 551 cm³/mol. The summed E-state index contributed by atoms with van der Waals surface area (Å²) in [5.41, 5.74) is 4.26. The summed E-state index contributed by atoms with van der Waals surface area (Å²) in [7, 11) is 8.05. The summed E-state index contributed by atoms with van der Waals surface area (Å²) in [6.07, 6.45) is 6.19. The van der Waals surface area contributed by atoms with Crippen LogP contribution in [-0.4, -0.2) is 191 Å². The van der Waals surface area contributed by atoms with Crippen LogP contribution in [0.4, 0.5) is 10.5 Å². The first-order valence-electron chi connectivity index (χ1n) is 46.3. The van der Waals surface area contributed by atoms with Crippen LogP contribution in [0.3, 0.4) is 0 Å². The molecule has 760 valence electrons. The van der Waals surface area contributed by atoms with Crippen LogP contribution in [-0.2, 0) is 76.3 Å². The van der Waals surface area contributed by atoms with E-state index < -0.39 is 22.9 Å². The number of benzene rings is 7. The van der Waals surface area contributed by atoms with Gasteiger partial charge in [-0.25, -0.2) is 9.59 Å². The summed E-state index contributed by atoms with van der Waals surface area (Å²) in [6, 6.07) is 54.0. The molecule has 0 fully saturated rings. The van der Waals surface area contributed by atoms with Crippen molar-refractivity contribution in [3.8, 4) is 17.2 Å². The molecule has 0 saturated heterocycles. The van der Waals surface area contributed by atoms with E-state index in [-0.39, 0.29) is 176 Å². The van der Waals surface area contributed by atoms with Gasteiger partial charge in [0.25, 0.3) is 0 Å². The highest BCUT2D eigenvalue weighted by Gasteiger charge is 2.30. The molecule has 0 aliphatic heterocycles. The lowest BCUT2D eigenvalue weighted by molar-refractivity contribution is -0.158. The number of alkyl carbamates (subject to hydrolysis) is 1. The average molecular weight is 1930 g/mol. The standard InChI is InChI=1S/C20H20O4S.2C20H22O4.C14H24N2O5.C12H19N.C12H20O4.C10H21NO2.2CH4/c1-3-13(2)20(22)24-11-10-23-14-8-9-16-18(12-14)25-17-7-5-4-6-15(17)19(16)21;2*1-3-15(2)20(22)24-14-13-23-18-11-9-17(10-12-18)19(21)16-7-5-4-6-8-16;1-5-11(17)15-7-10-21-13(19)16-8-9-20-12(18)14(3,4)6-2;1-5-10(2)11-6-8-12(9-7-11)13(3)4;1-6-12(4,5)11(14)16-8-7-15-10(13)9(2)3;1-6-10(2,3)9(12)13-8-7-11(4)5;;/h4-9,12-13H,3,10-11H2,1-2H3;2*4-12,15H,3,13-14H2,1-2H3;5H,1,6-10H2,2-4H3,(H,15,17)(H,16,19);6-10H,5H2,1-4H3;2,6-8H2,1,3-5H3;6-8H2,1-5H3;2*1H4. The zero-order valence-corrected chi connectivity index (χ0v) is 84.9. The molecule has 7 aromatic carbocycles. The van der Waals surface area contributed by atoms with E-state index >= 15 is 0 Å². The highest BCUT2D eigenvalue weighted by atomic mass is 32.1. The molecule has 28 heteroatoms. The summed E-state index contributed by atoms with van der Waals surface area (Å²) < 4.78 is 58.7. The number of hydrogen-bond donors (Lipinski definition) is 2. The van der Waals surface area contributed by atoms with E-state index in [0.717, 1.165) is 53.1 Å². The van der Waals surface area contributed by atoms with Crippen LogP contribution in [0.5, 0.6) is 17.2 Å². The largest absolute Gasteiger partial charge is 0.490 e. The zero-order chi connectivity index (χ0) is 102. The molecule has 1 heterocycles. The van der Waals surface area contributed by atoms with Crippen LogP contribution in [0.15, 0.2) is 206 Å². The fourth-order valence-electron chi connectivity index (χ4n) is 10.4. The van der Waals surface area contributed by atoms with Gasteiger partial charge in [-0.15, -0.1) is 11.3 Å². The van der Waals surface area contributed by atoms with Crippen molar-refractivity contribution in [2.45, 2.75) is 190 Å². The molecule has 0 aliphatic rings. The minimum absolute atomic E-state index is 0. The Hall–Kier alpha value is -12.6. The number of carbonyl (C=O) groups is 11. The Bertz CT molecular complexity index is 4910. The van der Waals surface area contributed by atoms with Gasteiger partial charge in [-0.05, 0) is 216 Å². The van der Waals surface area contributed by atoms with Gasteiger partial charge in [-0.2, -0.15) is 0 Å². The number of nitrogens with zero attached hydrogens (tertiary/aromatic N) is 2. The molecular weight excluding hydrogens is 1780 g/mol. The second-order valence-corrected chi connectivity index (χ2v) is 35.3. The number of amides is 2. The summed E-state index contributed by atoms with van der Waals surface area (Å²) in [6.45, 7) is 44.5. The second kappa shape index (κ2) is 68.4. The van der Waals surface area contributed by atoms with Crippen molar-refractivity contribution < 1.29 is 105 Å². The molecule has 0 aliphatic carbocycles. The lowest BCUT2D eigenvalue weighted by Gasteiger charge is -2.20. The Labute approximate surface area is 824 Å². The first kappa shape index (κ1) is 125. The van der Waals surface area contributed by atoms with Gasteiger partial charge in [0, 0.05) is 74.3 Å². The van der Waals surface area contributed by atoms with Gasteiger partial charge >= 0.3 is 47.9 Å². The van der Waals surface area contributed by atoms with Gasteiger partial charge < -0.3 is 72.5 Å². The Morgan fingerprint density at radius 3 is 1.17 bits per heavy atom. The minimum atomic E-state index is -0.631. The van der Waals surface area contributed by atoms with Crippen LogP contribution in [0.25, 0.3) is 20.2 Å². The van der Waals surface area contributed by atoms with E-state index in [4.69, 9.17) is 52.1 Å². The minimum Gasteiger partial charge on any atom is -0.490 e. The van der Waals surface area contributed by atoms with E-state index in [0.29, 0.717) is 75.8 Å². The molecule has 8 rings (SSSR count). The van der Waals surface area contributed by atoms with Crippen molar-refractivity contribution in [2.24, 2.45) is 34.0 Å². The van der Waals surface area contributed by atoms with E-state index in [9.17, 15) is 57.5 Å². The van der Waals surface area contributed by atoms with E-state index in [2.05, 4.69) is 80.9 Å². The van der Waals surface area contributed by atoms with Crippen molar-refractivity contribution in [1.82, 2.24) is 15.5 Å². The maximum absolute atomic E-state index is 12.5. The summed E-state index contributed by atoms with van der Waals surface area (Å²) in [5, 5.41) is 6.34. The normalized spacial score (nSPS) is 11.4. The lowest BCUT2D eigenvalue weighted by Crippen LogP contribution is -2.33. The summed E-state index contributed by atoms with van der Waals surface area (Å²) >= 11 is 1.57. The number of hydrogen-bond acceptors (Lipinski definition) is 26. The van der Waals surface area contributed by atoms with Gasteiger partial charge in [0.05, 0.1) is 47.1 Å². The van der Waals surface area contributed by atoms with Crippen LogP contribution in [0.2, 0.25) is 0 Å². The van der Waals surface area contributed by atoms with Gasteiger partial charge in [0.1, 0.15) is 89.9 Å². The molecule has 8 aromatic rings. The molecule has 0 saturated carbocycles. The molecule has 4 atom stereocenters. The van der Waals surface area contributed by atoms with Crippen molar-refractivity contribution >= 4 is 103 Å². The smallest absolute Gasteiger partial charge is 0.407 e. The van der Waals surface area contributed by atoms with Crippen LogP contribution < -0.4 is 35.2 Å². The molecule has 0 spiro atoms. The topological polar surface area (TPSA) is 337 Å². The fourth-order valence-corrected chi connectivity index (χ4v) is 11.5. The van der Waals surface area contributed by atoms with Crippen molar-refractivity contribution in [3.63, 3.8) is 0 Å². The van der Waals surface area contributed by atoms with Crippen molar-refractivity contribution in [1.29, 1.82) is 0 Å². The number of rotatable bonds is 45. The maximum Gasteiger partial charge on any atom is 0.407 e. The maximum atomic E-state index is 12.5. The molecule has 2 N–H and O–H groups in total. The molecular formula is C110H156N4O23S. The third-order valence-electron chi connectivity index (χ3n) is 21.7. The molecule has 1 aromatic heterocycles. The summed E-state index contributed by atoms with van der Waals surface area (Å²) in [5.74, 6) is 0.222.